The number of anilines is 1. The van der Waals surface area contributed by atoms with Gasteiger partial charge >= 0.3 is 10.2 Å². The van der Waals surface area contributed by atoms with Crippen LogP contribution in [-0.2, 0) is 15.0 Å². The van der Waals surface area contributed by atoms with Crippen LogP contribution in [0.3, 0.4) is 0 Å². The molecule has 124 valence electrons. The van der Waals surface area contributed by atoms with Gasteiger partial charge in [-0.1, -0.05) is 0 Å². The van der Waals surface area contributed by atoms with E-state index < -0.39 is 16.0 Å². The maximum atomic E-state index is 13.1. The Morgan fingerprint density at radius 1 is 1.09 bits per heavy atom. The lowest BCUT2D eigenvalue weighted by atomic mass is 10.3. The predicted octanol–water partition coefficient (Wildman–Crippen LogP) is 1.31. The summed E-state index contributed by atoms with van der Waals surface area (Å²) in [6.07, 6.45) is 0. The van der Waals surface area contributed by atoms with E-state index >= 15 is 0 Å². The number of nitrogens with zero attached hydrogens (tertiary/aromatic N) is 3. The van der Waals surface area contributed by atoms with Gasteiger partial charge in [-0.25, -0.2) is 8.70 Å². The fraction of sp³-hybridized carbons (Fsp3) is 0.500. The van der Waals surface area contributed by atoms with Gasteiger partial charge in [0.2, 0.25) is 5.91 Å². The number of likely N-dealkylation sites (N-methyl/N-ethyl adjacent to an activating group) is 1. The molecule has 1 rings (SSSR count). The molecule has 0 spiro atoms. The molecule has 1 aromatic carbocycles. The number of amides is 1. The average molecular weight is 331 g/mol. The van der Waals surface area contributed by atoms with Crippen LogP contribution in [0.5, 0.6) is 0 Å². The van der Waals surface area contributed by atoms with Gasteiger partial charge in [0, 0.05) is 27.2 Å². The van der Waals surface area contributed by atoms with Gasteiger partial charge in [0.1, 0.15) is 12.4 Å². The lowest BCUT2D eigenvalue weighted by Crippen LogP contribution is -2.47. The van der Waals surface area contributed by atoms with E-state index in [1.807, 2.05) is 13.8 Å². The highest BCUT2D eigenvalue weighted by atomic mass is 32.2. The Morgan fingerprint density at radius 3 is 2.00 bits per heavy atom. The molecule has 0 heterocycles. The van der Waals surface area contributed by atoms with Crippen molar-refractivity contribution >= 4 is 21.8 Å². The highest BCUT2D eigenvalue weighted by Crippen LogP contribution is 2.20. The van der Waals surface area contributed by atoms with Crippen molar-refractivity contribution in [3.8, 4) is 0 Å². The smallest absolute Gasteiger partial charge is 0.304 e. The molecule has 8 heteroatoms. The van der Waals surface area contributed by atoms with Crippen LogP contribution in [0.25, 0.3) is 0 Å². The molecule has 1 aromatic rings. The number of carbonyl (C=O) groups is 1. The van der Waals surface area contributed by atoms with Crippen molar-refractivity contribution in [2.45, 2.75) is 13.8 Å². The number of halogens is 1. The summed E-state index contributed by atoms with van der Waals surface area (Å²) in [7, 11) is -1.09. The van der Waals surface area contributed by atoms with E-state index in [4.69, 9.17) is 0 Å². The van der Waals surface area contributed by atoms with Gasteiger partial charge in [-0.2, -0.15) is 12.7 Å². The molecule has 0 saturated heterocycles. The second kappa shape index (κ2) is 7.55. The topological polar surface area (TPSA) is 60.9 Å². The number of hydrogen-bond acceptors (Lipinski definition) is 3. The fourth-order valence-electron chi connectivity index (χ4n) is 1.91. The molecule has 0 aromatic heterocycles. The Kier molecular flexibility index (Phi) is 6.31. The monoisotopic (exact) mass is 331 g/mol. The quantitative estimate of drug-likeness (QED) is 0.757. The minimum Gasteiger partial charge on any atom is -0.342 e. The summed E-state index contributed by atoms with van der Waals surface area (Å²) in [6, 6.07) is 5.00. The number of hydrogen-bond donors (Lipinski definition) is 0. The van der Waals surface area contributed by atoms with Crippen molar-refractivity contribution in [1.82, 2.24) is 9.21 Å². The highest BCUT2D eigenvalue weighted by molar-refractivity contribution is 7.90. The third-order valence-electron chi connectivity index (χ3n) is 3.25. The van der Waals surface area contributed by atoms with Crippen molar-refractivity contribution in [3.63, 3.8) is 0 Å². The molecular formula is C14H22FN3O3S. The summed E-state index contributed by atoms with van der Waals surface area (Å²) < 4.78 is 39.9. The first-order chi connectivity index (χ1) is 10.2. The van der Waals surface area contributed by atoms with Crippen LogP contribution < -0.4 is 4.31 Å². The standard InChI is InChI=1S/C14H22FN3O3S/c1-5-17(6-2)14(19)11-18(22(20,21)16(3)4)13-9-7-12(15)8-10-13/h7-10H,5-6,11H2,1-4H3. The van der Waals surface area contributed by atoms with E-state index in [1.165, 1.54) is 26.2 Å². The first-order valence-electron chi connectivity index (χ1n) is 6.97. The highest BCUT2D eigenvalue weighted by Gasteiger charge is 2.28. The van der Waals surface area contributed by atoms with Crippen molar-refractivity contribution in [3.05, 3.63) is 30.1 Å². The second-order valence-corrected chi connectivity index (χ2v) is 6.91. The van der Waals surface area contributed by atoms with Crippen LogP contribution in [0.4, 0.5) is 10.1 Å². The molecule has 22 heavy (non-hydrogen) atoms. The Bertz CT molecular complexity index is 598. The third-order valence-corrected chi connectivity index (χ3v) is 5.07. The average Bonchev–Trinajstić information content (AvgIpc) is 2.46. The van der Waals surface area contributed by atoms with Crippen LogP contribution in [-0.4, -0.2) is 57.3 Å². The van der Waals surface area contributed by atoms with Crippen LogP contribution in [0.15, 0.2) is 24.3 Å². The molecule has 0 radical (unpaired) electrons. The van der Waals surface area contributed by atoms with E-state index in [0.717, 1.165) is 20.7 Å². The summed E-state index contributed by atoms with van der Waals surface area (Å²) in [5.41, 5.74) is 0.246. The van der Waals surface area contributed by atoms with Gasteiger partial charge in [-0.15, -0.1) is 0 Å². The fourth-order valence-corrected chi connectivity index (χ4v) is 2.97. The summed E-state index contributed by atoms with van der Waals surface area (Å²) in [5.74, 6) is -0.777. The molecule has 0 saturated carbocycles. The van der Waals surface area contributed by atoms with Crippen LogP contribution in [0, 0.1) is 5.82 Å². The van der Waals surface area contributed by atoms with Crippen LogP contribution in [0.2, 0.25) is 0 Å². The summed E-state index contributed by atoms with van der Waals surface area (Å²) in [5, 5.41) is 0. The van der Waals surface area contributed by atoms with Gasteiger partial charge < -0.3 is 4.90 Å². The molecule has 0 aliphatic carbocycles. The first kappa shape index (κ1) is 18.4. The van der Waals surface area contributed by atoms with Gasteiger partial charge in [-0.05, 0) is 38.1 Å². The van der Waals surface area contributed by atoms with Crippen molar-refractivity contribution < 1.29 is 17.6 Å². The lowest BCUT2D eigenvalue weighted by molar-refractivity contribution is -0.129. The minimum absolute atomic E-state index is 0.246. The Balaban J connectivity index is 3.18. The predicted molar refractivity (Wildman–Crippen MR) is 84.3 cm³/mol. The largest absolute Gasteiger partial charge is 0.342 e. The van der Waals surface area contributed by atoms with Gasteiger partial charge in [0.15, 0.2) is 0 Å². The zero-order valence-corrected chi connectivity index (χ0v) is 14.1. The maximum Gasteiger partial charge on any atom is 0.304 e. The Hall–Kier alpha value is -1.67. The number of rotatable bonds is 7. The Morgan fingerprint density at radius 2 is 1.59 bits per heavy atom. The summed E-state index contributed by atoms with van der Waals surface area (Å²) in [6.45, 7) is 4.31. The number of benzene rings is 1. The van der Waals surface area contributed by atoms with Gasteiger partial charge in [-0.3, -0.25) is 4.79 Å². The van der Waals surface area contributed by atoms with Gasteiger partial charge in [0.05, 0.1) is 5.69 Å². The minimum atomic E-state index is -3.85. The van der Waals surface area contributed by atoms with Gasteiger partial charge in [0.25, 0.3) is 0 Å². The van der Waals surface area contributed by atoms with Crippen molar-refractivity contribution in [2.24, 2.45) is 0 Å². The van der Waals surface area contributed by atoms with Crippen LogP contribution >= 0.6 is 0 Å². The molecule has 0 unspecified atom stereocenters. The van der Waals surface area contributed by atoms with E-state index in [9.17, 15) is 17.6 Å². The molecule has 0 fully saturated rings. The normalized spacial score (nSPS) is 11.5. The van der Waals surface area contributed by atoms with E-state index in [0.29, 0.717) is 13.1 Å². The molecule has 0 bridgehead atoms. The molecule has 0 aliphatic heterocycles. The number of carbonyl (C=O) groups excluding carboxylic acids is 1. The van der Waals surface area contributed by atoms with Crippen LogP contribution in [0.1, 0.15) is 13.8 Å². The second-order valence-electron chi connectivity index (χ2n) is 4.84. The maximum absolute atomic E-state index is 13.1. The molecule has 0 N–H and O–H groups in total. The lowest BCUT2D eigenvalue weighted by Gasteiger charge is -2.29. The zero-order valence-electron chi connectivity index (χ0n) is 13.3. The molecule has 1 amide bonds. The van der Waals surface area contributed by atoms with Crippen molar-refractivity contribution in [1.29, 1.82) is 0 Å². The third kappa shape index (κ3) is 4.17. The first-order valence-corrected chi connectivity index (χ1v) is 8.37. The zero-order chi connectivity index (χ0) is 16.9. The Labute approximate surface area is 131 Å². The van der Waals surface area contributed by atoms with E-state index in [1.54, 1.807) is 4.90 Å². The molecule has 0 aliphatic rings. The SMILES string of the molecule is CCN(CC)C(=O)CN(c1ccc(F)cc1)S(=O)(=O)N(C)C. The van der Waals surface area contributed by atoms with E-state index in [-0.39, 0.29) is 18.1 Å². The molecular weight excluding hydrogens is 309 g/mol. The molecule has 6 nitrogen and oxygen atoms in total. The summed E-state index contributed by atoms with van der Waals surface area (Å²) >= 11 is 0. The van der Waals surface area contributed by atoms with E-state index in [2.05, 4.69) is 0 Å². The van der Waals surface area contributed by atoms with Crippen molar-refractivity contribution in [2.75, 3.05) is 38.0 Å². The molecule has 0 atom stereocenters. The summed E-state index contributed by atoms with van der Waals surface area (Å²) in [4.78, 5) is 13.8.